The van der Waals surface area contributed by atoms with Crippen molar-refractivity contribution in [2.45, 2.75) is 10.1 Å². The number of fused-ring (bicyclic) bond motifs is 2. The Morgan fingerprint density at radius 3 is 2.27 bits per heavy atom. The molecule has 2 N–H and O–H groups in total. The van der Waals surface area contributed by atoms with Gasteiger partial charge in [0.15, 0.2) is 0 Å². The maximum Gasteiger partial charge on any atom is 0.123 e. The van der Waals surface area contributed by atoms with Crippen molar-refractivity contribution in [3.8, 4) is 11.3 Å². The average molecular weight is 449 g/mol. The molecular formula is C29H21FN2S. The Hall–Kier alpha value is -3.76. The van der Waals surface area contributed by atoms with E-state index in [0.29, 0.717) is 0 Å². The van der Waals surface area contributed by atoms with E-state index in [9.17, 15) is 4.39 Å². The molecule has 0 saturated heterocycles. The summed E-state index contributed by atoms with van der Waals surface area (Å²) in [6.45, 7) is 0. The van der Waals surface area contributed by atoms with Gasteiger partial charge in [-0.05, 0) is 47.5 Å². The van der Waals surface area contributed by atoms with Crippen molar-refractivity contribution in [1.29, 1.82) is 0 Å². The number of thioether (sulfide) groups is 1. The van der Waals surface area contributed by atoms with Crippen molar-refractivity contribution in [3.63, 3.8) is 0 Å². The van der Waals surface area contributed by atoms with Crippen molar-refractivity contribution < 1.29 is 4.39 Å². The van der Waals surface area contributed by atoms with E-state index in [1.807, 2.05) is 36.0 Å². The van der Waals surface area contributed by atoms with E-state index in [1.165, 1.54) is 28.0 Å². The van der Waals surface area contributed by atoms with Gasteiger partial charge in [-0.3, -0.25) is 0 Å². The first-order chi connectivity index (χ1) is 16.3. The molecule has 1 aliphatic heterocycles. The van der Waals surface area contributed by atoms with Crippen LogP contribution in [0.5, 0.6) is 0 Å². The highest BCUT2D eigenvalue weighted by atomic mass is 32.2. The zero-order valence-corrected chi connectivity index (χ0v) is 18.6. The van der Waals surface area contributed by atoms with Crippen molar-refractivity contribution in [2.75, 3.05) is 5.32 Å². The summed E-state index contributed by atoms with van der Waals surface area (Å²) in [7, 11) is 0. The van der Waals surface area contributed by atoms with Crippen molar-refractivity contribution in [1.82, 2.24) is 4.98 Å². The van der Waals surface area contributed by atoms with Gasteiger partial charge in [0.1, 0.15) is 5.82 Å². The molecule has 0 saturated carbocycles. The summed E-state index contributed by atoms with van der Waals surface area (Å²) in [6, 6.07) is 34.0. The van der Waals surface area contributed by atoms with Crippen LogP contribution in [-0.4, -0.2) is 4.98 Å². The van der Waals surface area contributed by atoms with Gasteiger partial charge in [-0.25, -0.2) is 4.39 Å². The second kappa shape index (κ2) is 8.30. The molecule has 0 radical (unpaired) electrons. The molecule has 4 aromatic carbocycles. The first-order valence-corrected chi connectivity index (χ1v) is 11.8. The Kier molecular flexibility index (Phi) is 5.00. The number of halogens is 1. The lowest BCUT2D eigenvalue weighted by Gasteiger charge is -2.15. The van der Waals surface area contributed by atoms with Gasteiger partial charge in [-0.2, -0.15) is 0 Å². The molecule has 0 amide bonds. The van der Waals surface area contributed by atoms with Crippen LogP contribution in [0.1, 0.15) is 16.4 Å². The minimum atomic E-state index is -0.234. The van der Waals surface area contributed by atoms with Crippen LogP contribution in [0.25, 0.3) is 27.9 Å². The van der Waals surface area contributed by atoms with E-state index >= 15 is 0 Å². The SMILES string of the molecule is Fc1ccc(C2=CC(c3c(-c4ccccc4)[nH]c4ccccc34)Sc3ccccc3N2)cc1. The van der Waals surface area contributed by atoms with Crippen LogP contribution in [0.15, 0.2) is 114 Å². The van der Waals surface area contributed by atoms with Crippen LogP contribution < -0.4 is 5.32 Å². The molecule has 33 heavy (non-hydrogen) atoms. The average Bonchev–Trinajstić information content (AvgIpc) is 3.14. The van der Waals surface area contributed by atoms with Crippen LogP contribution in [0.4, 0.5) is 10.1 Å². The Morgan fingerprint density at radius 1 is 0.697 bits per heavy atom. The number of benzene rings is 4. The molecule has 0 fully saturated rings. The third-order valence-corrected chi connectivity index (χ3v) is 7.21. The number of hydrogen-bond donors (Lipinski definition) is 2. The number of hydrogen-bond acceptors (Lipinski definition) is 2. The fraction of sp³-hybridized carbons (Fsp3) is 0.0345. The molecule has 160 valence electrons. The van der Waals surface area contributed by atoms with Crippen LogP contribution in [0.3, 0.4) is 0 Å². The maximum absolute atomic E-state index is 13.6. The zero-order valence-electron chi connectivity index (χ0n) is 17.8. The van der Waals surface area contributed by atoms with Crippen LogP contribution in [0.2, 0.25) is 0 Å². The largest absolute Gasteiger partial charge is 0.354 e. The molecule has 0 spiro atoms. The summed E-state index contributed by atoms with van der Waals surface area (Å²) in [5, 5.41) is 4.86. The van der Waals surface area contributed by atoms with Gasteiger partial charge in [-0.15, -0.1) is 11.8 Å². The molecule has 0 bridgehead atoms. The second-order valence-corrected chi connectivity index (χ2v) is 9.26. The van der Waals surface area contributed by atoms with E-state index in [0.717, 1.165) is 33.7 Å². The van der Waals surface area contributed by atoms with Gasteiger partial charge in [0.05, 0.1) is 16.6 Å². The number of anilines is 1. The third-order valence-electron chi connectivity index (χ3n) is 5.98. The fourth-order valence-corrected chi connectivity index (χ4v) is 5.66. The quantitative estimate of drug-likeness (QED) is 0.291. The van der Waals surface area contributed by atoms with E-state index < -0.39 is 0 Å². The van der Waals surface area contributed by atoms with Crippen molar-refractivity contribution >= 4 is 34.0 Å². The molecule has 1 unspecified atom stereocenters. The lowest BCUT2D eigenvalue weighted by molar-refractivity contribution is 0.627. The fourth-order valence-electron chi connectivity index (χ4n) is 4.41. The molecule has 0 aliphatic carbocycles. The Morgan fingerprint density at radius 2 is 1.42 bits per heavy atom. The monoisotopic (exact) mass is 448 g/mol. The van der Waals surface area contributed by atoms with E-state index in [1.54, 1.807) is 0 Å². The highest BCUT2D eigenvalue weighted by Crippen LogP contribution is 2.49. The molecule has 2 heterocycles. The number of H-pyrrole nitrogens is 1. The van der Waals surface area contributed by atoms with Gasteiger partial charge in [0, 0.05) is 27.1 Å². The summed E-state index contributed by atoms with van der Waals surface area (Å²) in [6.07, 6.45) is 2.26. The molecule has 1 aliphatic rings. The van der Waals surface area contributed by atoms with Crippen LogP contribution in [-0.2, 0) is 0 Å². The summed E-state index contributed by atoms with van der Waals surface area (Å²) in [5.41, 5.74) is 7.65. The standard InChI is InChI=1S/C29H21FN2S/c30-21-16-14-19(15-17-21)25-18-27(33-26-13-7-6-12-24(26)31-25)28-22-10-4-5-11-23(22)32-29(28)20-8-2-1-3-9-20/h1-18,27,31-32H. The van der Waals surface area contributed by atoms with Gasteiger partial charge in [0.25, 0.3) is 0 Å². The first-order valence-electron chi connectivity index (χ1n) is 10.9. The number of aromatic nitrogens is 1. The number of rotatable bonds is 3. The summed E-state index contributed by atoms with van der Waals surface area (Å²) in [4.78, 5) is 4.85. The summed E-state index contributed by atoms with van der Waals surface area (Å²) in [5.74, 6) is -0.234. The Bertz CT molecular complexity index is 1470. The van der Waals surface area contributed by atoms with Crippen LogP contribution in [0, 0.1) is 5.82 Å². The molecule has 2 nitrogen and oxygen atoms in total. The normalized spacial score (nSPS) is 15.4. The Labute approximate surface area is 196 Å². The van der Waals surface area contributed by atoms with Gasteiger partial charge >= 0.3 is 0 Å². The molecule has 4 heteroatoms. The second-order valence-electron chi connectivity index (χ2n) is 8.07. The lowest BCUT2D eigenvalue weighted by atomic mass is 10.0. The highest BCUT2D eigenvalue weighted by Gasteiger charge is 2.25. The van der Waals surface area contributed by atoms with Crippen LogP contribution >= 0.6 is 11.8 Å². The maximum atomic E-state index is 13.6. The number of aromatic amines is 1. The predicted octanol–water partition coefficient (Wildman–Crippen LogP) is 8.27. The van der Waals surface area contributed by atoms with Gasteiger partial charge in [-0.1, -0.05) is 72.8 Å². The third kappa shape index (κ3) is 3.73. The lowest BCUT2D eigenvalue weighted by Crippen LogP contribution is -1.99. The van der Waals surface area contributed by atoms with Gasteiger partial charge in [0.2, 0.25) is 0 Å². The molecular weight excluding hydrogens is 427 g/mol. The zero-order chi connectivity index (χ0) is 22.2. The number of para-hydroxylation sites is 2. The topological polar surface area (TPSA) is 27.8 Å². The molecule has 5 aromatic rings. The first kappa shape index (κ1) is 19.9. The summed E-state index contributed by atoms with van der Waals surface area (Å²) >= 11 is 1.83. The molecule has 6 rings (SSSR count). The predicted molar refractivity (Wildman–Crippen MR) is 137 cm³/mol. The molecule has 1 aromatic heterocycles. The highest BCUT2D eigenvalue weighted by molar-refractivity contribution is 8.00. The van der Waals surface area contributed by atoms with E-state index in [-0.39, 0.29) is 11.1 Å². The number of nitrogens with one attached hydrogen (secondary N) is 2. The Balaban J connectivity index is 1.59. The summed E-state index contributed by atoms with van der Waals surface area (Å²) < 4.78 is 13.6. The van der Waals surface area contributed by atoms with Crippen molar-refractivity contribution in [3.05, 3.63) is 126 Å². The van der Waals surface area contributed by atoms with Crippen molar-refractivity contribution in [2.24, 2.45) is 0 Å². The van der Waals surface area contributed by atoms with E-state index in [4.69, 9.17) is 0 Å². The minimum absolute atomic E-state index is 0.0487. The van der Waals surface area contributed by atoms with Gasteiger partial charge < -0.3 is 10.3 Å². The van der Waals surface area contributed by atoms with E-state index in [2.05, 4.69) is 83.1 Å². The minimum Gasteiger partial charge on any atom is -0.354 e. The smallest absolute Gasteiger partial charge is 0.123 e. The molecule has 1 atom stereocenters.